The van der Waals surface area contributed by atoms with Crippen LogP contribution in [0.5, 0.6) is 0 Å². The summed E-state index contributed by atoms with van der Waals surface area (Å²) in [6.45, 7) is 3.94. The fraction of sp³-hybridized carbons (Fsp3) is 0.818. The molecule has 3 atom stereocenters. The molecule has 1 rings (SSSR count). The van der Waals surface area contributed by atoms with Crippen molar-refractivity contribution in [2.45, 2.75) is 32.7 Å². The molecule has 5 nitrogen and oxygen atoms in total. The Balaban J connectivity index is 2.28. The molecule has 1 aliphatic carbocycles. The molecule has 0 aromatic rings. The first-order valence-corrected chi connectivity index (χ1v) is 5.70. The van der Waals surface area contributed by atoms with E-state index >= 15 is 0 Å². The number of hydrogen-bond acceptors (Lipinski definition) is 2. The highest BCUT2D eigenvalue weighted by atomic mass is 16.4. The van der Waals surface area contributed by atoms with E-state index in [2.05, 4.69) is 12.2 Å². The molecule has 0 aromatic carbocycles. The smallest absolute Gasteiger partial charge is 0.317 e. The van der Waals surface area contributed by atoms with E-state index in [4.69, 9.17) is 5.11 Å². The largest absolute Gasteiger partial charge is 0.481 e. The summed E-state index contributed by atoms with van der Waals surface area (Å²) in [4.78, 5) is 23.7. The Morgan fingerprint density at radius 3 is 2.62 bits per heavy atom. The van der Waals surface area contributed by atoms with E-state index in [9.17, 15) is 9.59 Å². The summed E-state index contributed by atoms with van der Waals surface area (Å²) < 4.78 is 0. The van der Waals surface area contributed by atoms with Crippen molar-refractivity contribution in [1.29, 1.82) is 0 Å². The van der Waals surface area contributed by atoms with Gasteiger partial charge >= 0.3 is 12.0 Å². The van der Waals surface area contributed by atoms with E-state index in [1.165, 1.54) is 4.90 Å². The zero-order valence-corrected chi connectivity index (χ0v) is 10.1. The Bertz CT molecular complexity index is 280. The van der Waals surface area contributed by atoms with Crippen molar-refractivity contribution < 1.29 is 14.7 Å². The van der Waals surface area contributed by atoms with Gasteiger partial charge in [-0.2, -0.15) is 0 Å². The average molecular weight is 228 g/mol. The molecule has 5 heteroatoms. The quantitative estimate of drug-likeness (QED) is 0.741. The number of aliphatic carboxylic acids is 1. The predicted molar refractivity (Wildman–Crippen MR) is 60.1 cm³/mol. The molecule has 0 spiro atoms. The van der Waals surface area contributed by atoms with Crippen LogP contribution in [0.25, 0.3) is 0 Å². The van der Waals surface area contributed by atoms with E-state index < -0.39 is 11.9 Å². The van der Waals surface area contributed by atoms with Gasteiger partial charge in [0, 0.05) is 19.6 Å². The number of carboxylic acid groups (broad SMARTS) is 1. The summed E-state index contributed by atoms with van der Waals surface area (Å²) in [5, 5.41) is 11.6. The average Bonchev–Trinajstić information content (AvgIpc) is 2.95. The molecular formula is C11H20N2O3. The van der Waals surface area contributed by atoms with Crippen LogP contribution >= 0.6 is 0 Å². The van der Waals surface area contributed by atoms with Crippen LogP contribution in [0, 0.1) is 11.8 Å². The van der Waals surface area contributed by atoms with E-state index in [-0.39, 0.29) is 12.6 Å². The van der Waals surface area contributed by atoms with Gasteiger partial charge in [0.1, 0.15) is 0 Å². The molecule has 0 heterocycles. The highest BCUT2D eigenvalue weighted by Gasteiger charge is 2.37. The van der Waals surface area contributed by atoms with Crippen LogP contribution in [0.2, 0.25) is 0 Å². The van der Waals surface area contributed by atoms with Crippen molar-refractivity contribution >= 4 is 12.0 Å². The third kappa shape index (κ3) is 3.40. The summed E-state index contributed by atoms with van der Waals surface area (Å²) >= 11 is 0. The summed E-state index contributed by atoms with van der Waals surface area (Å²) in [6, 6.07) is 0.120. The molecule has 0 bridgehead atoms. The zero-order valence-electron chi connectivity index (χ0n) is 10.1. The molecule has 1 aliphatic rings. The van der Waals surface area contributed by atoms with Crippen molar-refractivity contribution in [1.82, 2.24) is 10.2 Å². The molecule has 1 saturated carbocycles. The third-order valence-electron chi connectivity index (χ3n) is 3.07. The number of nitrogens with one attached hydrogen (secondary N) is 1. The standard InChI is InChI=1S/C11H20N2O3/c1-4-8-5-9(8)12-11(16)13(3)6-7(2)10(14)15/h7-9H,4-6H2,1-3H3,(H,12,16)(H,14,15)/t7?,8-,9-/m1/s1. The summed E-state index contributed by atoms with van der Waals surface area (Å²) in [5.41, 5.74) is 0. The van der Waals surface area contributed by atoms with Gasteiger partial charge < -0.3 is 15.3 Å². The first kappa shape index (κ1) is 12.8. The minimum Gasteiger partial charge on any atom is -0.481 e. The van der Waals surface area contributed by atoms with Crippen LogP contribution in [-0.2, 0) is 4.79 Å². The minimum absolute atomic E-state index is 0.172. The molecule has 0 aliphatic heterocycles. The highest BCUT2D eigenvalue weighted by Crippen LogP contribution is 2.33. The van der Waals surface area contributed by atoms with Crippen LogP contribution in [0.4, 0.5) is 4.79 Å². The minimum atomic E-state index is -0.877. The van der Waals surface area contributed by atoms with Crippen molar-refractivity contribution in [3.05, 3.63) is 0 Å². The van der Waals surface area contributed by atoms with Crippen LogP contribution in [0.3, 0.4) is 0 Å². The van der Waals surface area contributed by atoms with Crippen molar-refractivity contribution in [3.8, 4) is 0 Å². The van der Waals surface area contributed by atoms with Gasteiger partial charge in [-0.25, -0.2) is 4.79 Å². The van der Waals surface area contributed by atoms with Crippen LogP contribution in [-0.4, -0.2) is 41.6 Å². The zero-order chi connectivity index (χ0) is 12.3. The van der Waals surface area contributed by atoms with Crippen molar-refractivity contribution in [2.75, 3.05) is 13.6 Å². The number of rotatable bonds is 5. The Kier molecular flexibility index (Phi) is 4.15. The lowest BCUT2D eigenvalue weighted by atomic mass is 10.2. The molecule has 92 valence electrons. The second kappa shape index (κ2) is 5.18. The monoisotopic (exact) mass is 228 g/mol. The molecule has 0 radical (unpaired) electrons. The second-order valence-electron chi connectivity index (χ2n) is 4.58. The lowest BCUT2D eigenvalue weighted by Gasteiger charge is -2.20. The van der Waals surface area contributed by atoms with Gasteiger partial charge in [-0.1, -0.05) is 20.3 Å². The van der Waals surface area contributed by atoms with Gasteiger partial charge in [0.05, 0.1) is 5.92 Å². The number of carbonyl (C=O) groups is 2. The maximum Gasteiger partial charge on any atom is 0.317 e. The number of amides is 2. The van der Waals surface area contributed by atoms with Crippen molar-refractivity contribution in [2.24, 2.45) is 11.8 Å². The third-order valence-corrected chi connectivity index (χ3v) is 3.07. The fourth-order valence-corrected chi connectivity index (χ4v) is 1.72. The lowest BCUT2D eigenvalue weighted by molar-refractivity contribution is -0.141. The predicted octanol–water partition coefficient (Wildman–Crippen LogP) is 1.15. The molecule has 0 aromatic heterocycles. The first-order chi connectivity index (χ1) is 7.45. The van der Waals surface area contributed by atoms with Gasteiger partial charge in [0.25, 0.3) is 0 Å². The fourth-order valence-electron chi connectivity index (χ4n) is 1.72. The second-order valence-corrected chi connectivity index (χ2v) is 4.58. The van der Waals surface area contributed by atoms with E-state index in [1.54, 1.807) is 14.0 Å². The highest BCUT2D eigenvalue weighted by molar-refractivity contribution is 5.76. The van der Waals surface area contributed by atoms with Crippen LogP contribution in [0.15, 0.2) is 0 Å². The summed E-state index contributed by atoms with van der Waals surface area (Å²) in [5.74, 6) is -0.802. The van der Waals surface area contributed by atoms with Gasteiger partial charge in [-0.3, -0.25) is 4.79 Å². The Morgan fingerprint density at radius 2 is 2.19 bits per heavy atom. The van der Waals surface area contributed by atoms with Crippen molar-refractivity contribution in [3.63, 3.8) is 0 Å². The Labute approximate surface area is 95.8 Å². The summed E-state index contributed by atoms with van der Waals surface area (Å²) in [7, 11) is 1.62. The molecule has 2 N–H and O–H groups in total. The first-order valence-electron chi connectivity index (χ1n) is 5.70. The van der Waals surface area contributed by atoms with Crippen LogP contribution < -0.4 is 5.32 Å². The van der Waals surface area contributed by atoms with Gasteiger partial charge in [0.15, 0.2) is 0 Å². The molecule has 16 heavy (non-hydrogen) atoms. The van der Waals surface area contributed by atoms with Gasteiger partial charge in [-0.15, -0.1) is 0 Å². The van der Waals surface area contributed by atoms with E-state index in [0.29, 0.717) is 12.0 Å². The molecule has 2 amide bonds. The maximum absolute atomic E-state index is 11.6. The number of carbonyl (C=O) groups excluding carboxylic acids is 1. The van der Waals surface area contributed by atoms with Gasteiger partial charge in [0.2, 0.25) is 0 Å². The Hall–Kier alpha value is -1.26. The topological polar surface area (TPSA) is 69.6 Å². The van der Waals surface area contributed by atoms with E-state index in [1.807, 2.05) is 0 Å². The lowest BCUT2D eigenvalue weighted by Crippen LogP contribution is -2.42. The Morgan fingerprint density at radius 1 is 1.56 bits per heavy atom. The number of carboxylic acids is 1. The van der Waals surface area contributed by atoms with Crippen LogP contribution in [0.1, 0.15) is 26.7 Å². The van der Waals surface area contributed by atoms with E-state index in [0.717, 1.165) is 12.8 Å². The molecule has 0 saturated heterocycles. The summed E-state index contributed by atoms with van der Waals surface area (Å²) in [6.07, 6.45) is 2.13. The number of nitrogens with zero attached hydrogens (tertiary/aromatic N) is 1. The number of hydrogen-bond donors (Lipinski definition) is 2. The maximum atomic E-state index is 11.6. The number of urea groups is 1. The SMILES string of the molecule is CC[C@@H]1C[C@H]1NC(=O)N(C)CC(C)C(=O)O. The molecule has 1 fully saturated rings. The van der Waals surface area contributed by atoms with Gasteiger partial charge in [-0.05, 0) is 12.3 Å². The molecular weight excluding hydrogens is 208 g/mol. The normalized spacial score (nSPS) is 24.7. The molecule has 1 unspecified atom stereocenters.